The molecule has 1 aliphatic heterocycles. The summed E-state index contributed by atoms with van der Waals surface area (Å²) in [7, 11) is 1.39. The smallest absolute Gasteiger partial charge is 0.297 e. The van der Waals surface area contributed by atoms with Crippen molar-refractivity contribution in [2.75, 3.05) is 12.0 Å². The van der Waals surface area contributed by atoms with Gasteiger partial charge in [-0.15, -0.1) is 0 Å². The molecule has 96 valence electrons. The first-order chi connectivity index (χ1) is 8.49. The number of nitrogens with zero attached hydrogens (tertiary/aromatic N) is 1. The molecule has 1 aliphatic rings. The SMILES string of the molecule is COC1=C(O)C(C)N(c2c(C)cccc2C)C1=O. The summed E-state index contributed by atoms with van der Waals surface area (Å²) in [4.78, 5) is 13.8. The summed E-state index contributed by atoms with van der Waals surface area (Å²) < 4.78 is 4.98. The molecule has 1 atom stereocenters. The van der Waals surface area contributed by atoms with Crippen molar-refractivity contribution < 1.29 is 14.6 Å². The summed E-state index contributed by atoms with van der Waals surface area (Å²) in [6, 6.07) is 5.45. The molecule has 2 rings (SSSR count). The molecule has 4 heteroatoms. The Hall–Kier alpha value is -1.97. The number of aliphatic hydroxyl groups is 1. The number of aliphatic hydroxyl groups excluding tert-OH is 1. The number of benzene rings is 1. The van der Waals surface area contributed by atoms with Crippen molar-refractivity contribution >= 4 is 11.6 Å². The van der Waals surface area contributed by atoms with Gasteiger partial charge in [-0.25, -0.2) is 0 Å². The Balaban J connectivity index is 2.52. The number of amides is 1. The molecule has 1 unspecified atom stereocenters. The largest absolute Gasteiger partial charge is 0.506 e. The van der Waals surface area contributed by atoms with E-state index >= 15 is 0 Å². The van der Waals surface area contributed by atoms with E-state index < -0.39 is 6.04 Å². The van der Waals surface area contributed by atoms with Crippen molar-refractivity contribution in [2.45, 2.75) is 26.8 Å². The van der Waals surface area contributed by atoms with Crippen molar-refractivity contribution in [1.82, 2.24) is 0 Å². The standard InChI is InChI=1S/C14H17NO3/c1-8-6-5-7-9(2)11(8)15-10(3)12(16)13(18-4)14(15)17/h5-7,10,16H,1-4H3. The molecule has 1 N–H and O–H groups in total. The Labute approximate surface area is 106 Å². The van der Waals surface area contributed by atoms with E-state index in [1.54, 1.807) is 11.8 Å². The van der Waals surface area contributed by atoms with Gasteiger partial charge in [-0.05, 0) is 31.9 Å². The zero-order chi connectivity index (χ0) is 13.4. The van der Waals surface area contributed by atoms with E-state index in [1.807, 2.05) is 32.0 Å². The fourth-order valence-electron chi connectivity index (χ4n) is 2.38. The molecule has 18 heavy (non-hydrogen) atoms. The summed E-state index contributed by atoms with van der Waals surface area (Å²) >= 11 is 0. The summed E-state index contributed by atoms with van der Waals surface area (Å²) in [5.74, 6) is -0.268. The highest BCUT2D eigenvalue weighted by Crippen LogP contribution is 2.34. The topological polar surface area (TPSA) is 49.8 Å². The predicted octanol–water partition coefficient (Wildman–Crippen LogP) is 2.45. The van der Waals surface area contributed by atoms with Gasteiger partial charge in [0.2, 0.25) is 5.76 Å². The number of ether oxygens (including phenoxy) is 1. The minimum Gasteiger partial charge on any atom is -0.506 e. The molecule has 0 spiro atoms. The van der Waals surface area contributed by atoms with E-state index in [-0.39, 0.29) is 17.4 Å². The van der Waals surface area contributed by atoms with Crippen LogP contribution < -0.4 is 4.90 Å². The van der Waals surface area contributed by atoms with Crippen LogP contribution in [0.2, 0.25) is 0 Å². The van der Waals surface area contributed by atoms with Gasteiger partial charge in [-0.2, -0.15) is 0 Å². The van der Waals surface area contributed by atoms with Crippen molar-refractivity contribution in [3.8, 4) is 0 Å². The minimum atomic E-state index is -0.396. The first-order valence-corrected chi connectivity index (χ1v) is 5.86. The fraction of sp³-hybridized carbons (Fsp3) is 0.357. The van der Waals surface area contributed by atoms with Crippen LogP contribution in [0.5, 0.6) is 0 Å². The number of carbonyl (C=O) groups is 1. The highest BCUT2D eigenvalue weighted by atomic mass is 16.5. The molecule has 0 radical (unpaired) electrons. The van der Waals surface area contributed by atoms with Crippen molar-refractivity contribution in [1.29, 1.82) is 0 Å². The van der Waals surface area contributed by atoms with Gasteiger partial charge in [-0.1, -0.05) is 18.2 Å². The number of aryl methyl sites for hydroxylation is 2. The molecule has 4 nitrogen and oxygen atoms in total. The molecule has 0 aromatic heterocycles. The van der Waals surface area contributed by atoms with Crippen LogP contribution in [0.15, 0.2) is 29.7 Å². The molecule has 1 heterocycles. The Kier molecular flexibility index (Phi) is 3.03. The van der Waals surface area contributed by atoms with Crippen molar-refractivity contribution in [3.05, 3.63) is 40.8 Å². The van der Waals surface area contributed by atoms with E-state index in [2.05, 4.69) is 0 Å². The summed E-state index contributed by atoms with van der Waals surface area (Å²) in [6.07, 6.45) is 0. The van der Waals surface area contributed by atoms with Gasteiger partial charge in [0, 0.05) is 0 Å². The van der Waals surface area contributed by atoms with E-state index in [4.69, 9.17) is 4.74 Å². The Morgan fingerprint density at radius 2 is 1.83 bits per heavy atom. The number of hydrogen-bond acceptors (Lipinski definition) is 3. The Morgan fingerprint density at radius 3 is 2.28 bits per heavy atom. The summed E-state index contributed by atoms with van der Waals surface area (Å²) in [6.45, 7) is 5.68. The third-order valence-corrected chi connectivity index (χ3v) is 3.31. The van der Waals surface area contributed by atoms with Gasteiger partial charge in [0.15, 0.2) is 5.76 Å². The number of rotatable bonds is 2. The lowest BCUT2D eigenvalue weighted by atomic mass is 10.1. The van der Waals surface area contributed by atoms with Gasteiger partial charge >= 0.3 is 0 Å². The normalized spacial score (nSPS) is 19.7. The average molecular weight is 247 g/mol. The van der Waals surface area contributed by atoms with E-state index in [0.29, 0.717) is 0 Å². The number of carbonyl (C=O) groups excluding carboxylic acids is 1. The van der Waals surface area contributed by atoms with Crippen LogP contribution in [0.3, 0.4) is 0 Å². The lowest BCUT2D eigenvalue weighted by Crippen LogP contribution is -2.35. The maximum absolute atomic E-state index is 12.2. The average Bonchev–Trinajstić information content (AvgIpc) is 2.53. The third-order valence-electron chi connectivity index (χ3n) is 3.31. The van der Waals surface area contributed by atoms with E-state index in [0.717, 1.165) is 16.8 Å². The number of anilines is 1. The zero-order valence-electron chi connectivity index (χ0n) is 11.0. The fourth-order valence-corrected chi connectivity index (χ4v) is 2.38. The van der Waals surface area contributed by atoms with Crippen LogP contribution in [0.1, 0.15) is 18.1 Å². The second-order valence-electron chi connectivity index (χ2n) is 4.51. The van der Waals surface area contributed by atoms with Crippen LogP contribution in [-0.4, -0.2) is 24.2 Å². The predicted molar refractivity (Wildman–Crippen MR) is 69.5 cm³/mol. The van der Waals surface area contributed by atoms with Crippen LogP contribution in [-0.2, 0) is 9.53 Å². The number of hydrogen-bond donors (Lipinski definition) is 1. The van der Waals surface area contributed by atoms with E-state index in [9.17, 15) is 9.90 Å². The number of para-hydroxylation sites is 1. The highest BCUT2D eigenvalue weighted by molar-refractivity contribution is 6.09. The van der Waals surface area contributed by atoms with Crippen LogP contribution >= 0.6 is 0 Å². The molecule has 0 aliphatic carbocycles. The molecule has 0 saturated carbocycles. The lowest BCUT2D eigenvalue weighted by Gasteiger charge is -2.25. The molecular weight excluding hydrogens is 230 g/mol. The maximum atomic E-state index is 12.2. The number of methoxy groups -OCH3 is 1. The molecule has 0 bridgehead atoms. The lowest BCUT2D eigenvalue weighted by molar-refractivity contribution is -0.117. The first kappa shape index (κ1) is 12.5. The van der Waals surface area contributed by atoms with Gasteiger partial charge in [0.05, 0.1) is 18.8 Å². The second kappa shape index (κ2) is 4.37. The molecule has 1 aromatic carbocycles. The van der Waals surface area contributed by atoms with Crippen molar-refractivity contribution in [3.63, 3.8) is 0 Å². The van der Waals surface area contributed by atoms with Gasteiger partial charge in [0.1, 0.15) is 0 Å². The summed E-state index contributed by atoms with van der Waals surface area (Å²) in [5.41, 5.74) is 2.84. The minimum absolute atomic E-state index is 0.00912. The first-order valence-electron chi connectivity index (χ1n) is 5.86. The van der Waals surface area contributed by atoms with Gasteiger partial charge in [0.25, 0.3) is 5.91 Å². The Bertz CT molecular complexity index is 514. The van der Waals surface area contributed by atoms with E-state index in [1.165, 1.54) is 7.11 Å². The van der Waals surface area contributed by atoms with Gasteiger partial charge in [-0.3, -0.25) is 9.69 Å². The zero-order valence-corrected chi connectivity index (χ0v) is 11.0. The second-order valence-corrected chi connectivity index (χ2v) is 4.51. The van der Waals surface area contributed by atoms with Crippen LogP contribution in [0, 0.1) is 13.8 Å². The monoisotopic (exact) mass is 247 g/mol. The third kappa shape index (κ3) is 1.65. The molecule has 0 fully saturated rings. The quantitative estimate of drug-likeness (QED) is 0.873. The van der Waals surface area contributed by atoms with Crippen LogP contribution in [0.25, 0.3) is 0 Å². The Morgan fingerprint density at radius 1 is 1.28 bits per heavy atom. The molecular formula is C14H17NO3. The van der Waals surface area contributed by atoms with Crippen LogP contribution in [0.4, 0.5) is 5.69 Å². The molecule has 0 saturated heterocycles. The summed E-state index contributed by atoms with van der Waals surface area (Å²) in [5, 5.41) is 9.93. The maximum Gasteiger partial charge on any atom is 0.297 e. The molecule has 1 aromatic rings. The molecule has 1 amide bonds. The van der Waals surface area contributed by atoms with Gasteiger partial charge < -0.3 is 9.84 Å². The van der Waals surface area contributed by atoms with Crippen molar-refractivity contribution in [2.24, 2.45) is 0 Å². The highest BCUT2D eigenvalue weighted by Gasteiger charge is 2.40.